The molecule has 14 heavy (non-hydrogen) atoms. The molecule has 0 saturated carbocycles. The predicted molar refractivity (Wildman–Crippen MR) is 49.5 cm³/mol. The summed E-state index contributed by atoms with van der Waals surface area (Å²) >= 11 is 0. The first-order valence-electron chi connectivity index (χ1n) is 4.02. The van der Waals surface area contributed by atoms with Crippen molar-refractivity contribution in [3.05, 3.63) is 23.3 Å². The minimum Gasteiger partial charge on any atom is -0.508 e. The molecule has 0 heterocycles. The van der Waals surface area contributed by atoms with E-state index in [0.29, 0.717) is 0 Å². The monoisotopic (exact) mass is 194 g/mol. The van der Waals surface area contributed by atoms with E-state index < -0.39 is 11.6 Å². The van der Waals surface area contributed by atoms with Gasteiger partial charge in [0.25, 0.3) is 0 Å². The Hall–Kier alpha value is -1.84. The SMILES string of the molecule is CC(=O)C(=O)c1ccc(O)c(C)c1O. The highest BCUT2D eigenvalue weighted by Gasteiger charge is 2.18. The van der Waals surface area contributed by atoms with Crippen LogP contribution >= 0.6 is 0 Å². The average Bonchev–Trinajstić information content (AvgIpc) is 2.13. The molecule has 0 saturated heterocycles. The Labute approximate surface area is 80.8 Å². The second-order valence-corrected chi connectivity index (χ2v) is 2.99. The highest BCUT2D eigenvalue weighted by molar-refractivity contribution is 6.43. The summed E-state index contributed by atoms with van der Waals surface area (Å²) in [4.78, 5) is 22.0. The van der Waals surface area contributed by atoms with E-state index in [2.05, 4.69) is 0 Å². The van der Waals surface area contributed by atoms with Gasteiger partial charge in [0.1, 0.15) is 11.5 Å². The van der Waals surface area contributed by atoms with Crippen LogP contribution in [0.3, 0.4) is 0 Å². The number of hydrogen-bond acceptors (Lipinski definition) is 4. The number of hydrogen-bond donors (Lipinski definition) is 2. The second kappa shape index (κ2) is 3.49. The molecule has 0 aliphatic carbocycles. The van der Waals surface area contributed by atoms with Crippen LogP contribution < -0.4 is 0 Å². The van der Waals surface area contributed by atoms with Crippen LogP contribution in [-0.4, -0.2) is 21.8 Å². The molecule has 0 aliphatic rings. The maximum Gasteiger partial charge on any atom is 0.231 e. The third kappa shape index (κ3) is 1.59. The van der Waals surface area contributed by atoms with Crippen LogP contribution in [0.5, 0.6) is 11.5 Å². The Morgan fingerprint density at radius 2 is 1.79 bits per heavy atom. The number of carbonyl (C=O) groups excluding carboxylic acids is 2. The number of aromatic hydroxyl groups is 2. The van der Waals surface area contributed by atoms with Gasteiger partial charge in [0, 0.05) is 12.5 Å². The van der Waals surface area contributed by atoms with Crippen molar-refractivity contribution in [2.75, 3.05) is 0 Å². The molecule has 0 aliphatic heterocycles. The Morgan fingerprint density at radius 3 is 2.29 bits per heavy atom. The molecule has 2 N–H and O–H groups in total. The van der Waals surface area contributed by atoms with Gasteiger partial charge in [-0.3, -0.25) is 9.59 Å². The normalized spacial score (nSPS) is 9.86. The van der Waals surface area contributed by atoms with E-state index >= 15 is 0 Å². The zero-order valence-electron chi connectivity index (χ0n) is 7.87. The maximum absolute atomic E-state index is 11.2. The molecule has 0 fully saturated rings. The van der Waals surface area contributed by atoms with Crippen LogP contribution in [0.2, 0.25) is 0 Å². The lowest BCUT2D eigenvalue weighted by Crippen LogP contribution is -2.10. The molecule has 1 rings (SSSR count). The summed E-state index contributed by atoms with van der Waals surface area (Å²) in [6.45, 7) is 2.59. The van der Waals surface area contributed by atoms with E-state index in [1.807, 2.05) is 0 Å². The first-order chi connectivity index (χ1) is 6.45. The lowest BCUT2D eigenvalue weighted by molar-refractivity contribution is -0.113. The molecule has 0 bridgehead atoms. The van der Waals surface area contributed by atoms with Gasteiger partial charge < -0.3 is 10.2 Å². The molecule has 1 aromatic carbocycles. The van der Waals surface area contributed by atoms with Crippen molar-refractivity contribution in [1.82, 2.24) is 0 Å². The maximum atomic E-state index is 11.2. The molecule has 74 valence electrons. The van der Waals surface area contributed by atoms with Crippen molar-refractivity contribution in [2.45, 2.75) is 13.8 Å². The average molecular weight is 194 g/mol. The standard InChI is InChI=1S/C10H10O4/c1-5-8(12)4-3-7(9(5)13)10(14)6(2)11/h3-4,12-13H,1-2H3. The third-order valence-electron chi connectivity index (χ3n) is 1.97. The number of ketones is 2. The molecule has 4 nitrogen and oxygen atoms in total. The molecular formula is C10H10O4. The predicted octanol–water partition coefficient (Wildman–Crippen LogP) is 1.18. The van der Waals surface area contributed by atoms with Crippen molar-refractivity contribution in [3.8, 4) is 11.5 Å². The van der Waals surface area contributed by atoms with Crippen molar-refractivity contribution in [3.63, 3.8) is 0 Å². The second-order valence-electron chi connectivity index (χ2n) is 2.99. The summed E-state index contributed by atoms with van der Waals surface area (Å²) in [5.41, 5.74) is 0.116. The summed E-state index contributed by atoms with van der Waals surface area (Å²) < 4.78 is 0. The lowest BCUT2D eigenvalue weighted by Gasteiger charge is -2.05. The topological polar surface area (TPSA) is 74.6 Å². The van der Waals surface area contributed by atoms with Gasteiger partial charge in [-0.15, -0.1) is 0 Å². The molecular weight excluding hydrogens is 184 g/mol. The van der Waals surface area contributed by atoms with Crippen molar-refractivity contribution < 1.29 is 19.8 Å². The molecule has 0 radical (unpaired) electrons. The fourth-order valence-corrected chi connectivity index (χ4v) is 1.06. The highest BCUT2D eigenvalue weighted by Crippen LogP contribution is 2.29. The van der Waals surface area contributed by atoms with Gasteiger partial charge in [-0.1, -0.05) is 0 Å². The first-order valence-corrected chi connectivity index (χ1v) is 4.02. The van der Waals surface area contributed by atoms with Gasteiger partial charge in [-0.05, 0) is 19.1 Å². The van der Waals surface area contributed by atoms with E-state index in [-0.39, 0.29) is 22.6 Å². The van der Waals surface area contributed by atoms with E-state index in [1.165, 1.54) is 19.1 Å². The third-order valence-corrected chi connectivity index (χ3v) is 1.97. The number of phenols is 2. The summed E-state index contributed by atoms with van der Waals surface area (Å²) in [6.07, 6.45) is 0. The molecule has 0 unspecified atom stereocenters. The summed E-state index contributed by atoms with van der Waals surface area (Å²) in [5.74, 6) is -1.86. The van der Waals surface area contributed by atoms with Crippen LogP contribution in [0.4, 0.5) is 0 Å². The van der Waals surface area contributed by atoms with Crippen LogP contribution in [0, 0.1) is 6.92 Å². The fourth-order valence-electron chi connectivity index (χ4n) is 1.06. The smallest absolute Gasteiger partial charge is 0.231 e. The van der Waals surface area contributed by atoms with Gasteiger partial charge in [0.05, 0.1) is 5.56 Å². The van der Waals surface area contributed by atoms with Gasteiger partial charge >= 0.3 is 0 Å². The minimum atomic E-state index is -0.759. The van der Waals surface area contributed by atoms with Crippen molar-refractivity contribution >= 4 is 11.6 Å². The number of phenolic OH excluding ortho intramolecular Hbond substituents is 2. The number of rotatable bonds is 2. The minimum absolute atomic E-state index is 0.0761. The summed E-state index contributed by atoms with van der Waals surface area (Å²) in [7, 11) is 0. The summed E-state index contributed by atoms with van der Waals surface area (Å²) in [5, 5.41) is 18.7. The summed E-state index contributed by atoms with van der Waals surface area (Å²) in [6, 6.07) is 2.49. The Kier molecular flexibility index (Phi) is 2.56. The first kappa shape index (κ1) is 10.2. The molecule has 4 heteroatoms. The van der Waals surface area contributed by atoms with Gasteiger partial charge in [-0.2, -0.15) is 0 Å². The quantitative estimate of drug-likeness (QED) is 0.547. The van der Waals surface area contributed by atoms with Crippen LogP contribution in [0.1, 0.15) is 22.8 Å². The Bertz CT molecular complexity index is 407. The van der Waals surface area contributed by atoms with Crippen molar-refractivity contribution in [2.24, 2.45) is 0 Å². The molecule has 0 amide bonds. The van der Waals surface area contributed by atoms with E-state index in [9.17, 15) is 19.8 Å². The zero-order valence-corrected chi connectivity index (χ0v) is 7.87. The molecule has 0 spiro atoms. The Balaban J connectivity index is 3.31. The van der Waals surface area contributed by atoms with Gasteiger partial charge in [0.2, 0.25) is 5.78 Å². The molecule has 0 atom stereocenters. The number of Topliss-reactive ketones (excluding diaryl/α,β-unsaturated/α-hetero) is 2. The van der Waals surface area contributed by atoms with Gasteiger partial charge in [-0.25, -0.2) is 0 Å². The zero-order chi connectivity index (χ0) is 10.9. The Morgan fingerprint density at radius 1 is 1.21 bits per heavy atom. The molecule has 1 aromatic rings. The van der Waals surface area contributed by atoms with Gasteiger partial charge in [0.15, 0.2) is 5.78 Å². The number of carbonyl (C=O) groups is 2. The van der Waals surface area contributed by atoms with Crippen LogP contribution in [0.25, 0.3) is 0 Å². The number of benzene rings is 1. The molecule has 0 aromatic heterocycles. The van der Waals surface area contributed by atoms with E-state index in [1.54, 1.807) is 0 Å². The highest BCUT2D eigenvalue weighted by atomic mass is 16.3. The van der Waals surface area contributed by atoms with E-state index in [4.69, 9.17) is 0 Å². The lowest BCUT2D eigenvalue weighted by atomic mass is 10.0. The van der Waals surface area contributed by atoms with Crippen molar-refractivity contribution in [1.29, 1.82) is 0 Å². The van der Waals surface area contributed by atoms with E-state index in [0.717, 1.165) is 6.92 Å². The van der Waals surface area contributed by atoms with Crippen LogP contribution in [0.15, 0.2) is 12.1 Å². The largest absolute Gasteiger partial charge is 0.508 e. The fraction of sp³-hybridized carbons (Fsp3) is 0.200. The van der Waals surface area contributed by atoms with Crippen LogP contribution in [-0.2, 0) is 4.79 Å².